The Kier molecular flexibility index (Phi) is 2.57. The third-order valence-electron chi connectivity index (χ3n) is 3.49. The average molecular weight is 213 g/mol. The van der Waals surface area contributed by atoms with Gasteiger partial charge in [0.2, 0.25) is 5.66 Å². The van der Waals surface area contributed by atoms with E-state index in [0.717, 1.165) is 0 Å². The van der Waals surface area contributed by atoms with Gasteiger partial charge < -0.3 is 5.21 Å². The molecule has 3 heteroatoms. The molecule has 0 saturated heterocycles. The summed E-state index contributed by atoms with van der Waals surface area (Å²) in [5, 5.41) is 11.7. The van der Waals surface area contributed by atoms with Crippen LogP contribution in [0.2, 0.25) is 0 Å². The highest BCUT2D eigenvalue weighted by molar-refractivity contribution is 5.94. The van der Waals surface area contributed by atoms with E-state index in [9.17, 15) is 5.21 Å². The minimum atomic E-state index is -0.341. The lowest BCUT2D eigenvalue weighted by Gasteiger charge is -2.31. The molecule has 0 radical (unpaired) electrons. The fourth-order valence-corrected chi connectivity index (χ4v) is 3.03. The van der Waals surface area contributed by atoms with Gasteiger partial charge in [-0.3, -0.25) is 0 Å². The molecule has 15 heavy (non-hydrogen) atoms. The maximum absolute atomic E-state index is 10.3. The maximum Gasteiger partial charge on any atom is 0.234 e. The Morgan fingerprint density at radius 2 is 1.53 bits per heavy atom. The number of hydrogen-bond donors (Lipinski definition) is 1. The third kappa shape index (κ3) is 1.62. The first-order valence-corrected chi connectivity index (χ1v) is 5.54. The monoisotopic (exact) mass is 213 g/mol. The molecule has 0 bridgehead atoms. The lowest BCUT2D eigenvalue weighted by atomic mass is 9.79. The smallest absolute Gasteiger partial charge is 0.234 e. The quantitative estimate of drug-likeness (QED) is 0.625. The molecule has 1 N–H and O–H groups in total. The average Bonchev–Trinajstić information content (AvgIpc) is 2.09. The largest absolute Gasteiger partial charge is 0.307 e. The molecule has 0 atom stereocenters. The Bertz CT molecular complexity index is 308. The number of hydrogen-bond acceptors (Lipinski definition) is 2. The molecule has 0 aromatic rings. The van der Waals surface area contributed by atoms with Crippen LogP contribution in [0.15, 0.2) is 0 Å². The van der Waals surface area contributed by atoms with Crippen molar-refractivity contribution in [2.24, 2.45) is 5.41 Å². The van der Waals surface area contributed by atoms with Crippen molar-refractivity contribution in [1.29, 1.82) is 0 Å². The Balaban J connectivity index is 3.41. The van der Waals surface area contributed by atoms with Crippen LogP contribution in [0.4, 0.5) is 0 Å². The van der Waals surface area contributed by atoms with Crippen molar-refractivity contribution in [3.05, 3.63) is 0 Å². The Hall–Kier alpha value is -0.410. The van der Waals surface area contributed by atoms with Crippen molar-refractivity contribution in [3.63, 3.8) is 0 Å². The van der Waals surface area contributed by atoms with Crippen LogP contribution in [-0.4, -0.2) is 38.8 Å². The zero-order valence-electron chi connectivity index (χ0n) is 11.3. The van der Waals surface area contributed by atoms with Gasteiger partial charge >= 0.3 is 0 Å². The summed E-state index contributed by atoms with van der Waals surface area (Å²) in [6.45, 7) is 14.8. The van der Waals surface area contributed by atoms with Crippen molar-refractivity contribution in [3.8, 4) is 0 Å². The van der Waals surface area contributed by atoms with Gasteiger partial charge in [0.05, 0.1) is 0 Å². The molecule has 0 aromatic carbocycles. The van der Waals surface area contributed by atoms with Crippen molar-refractivity contribution < 1.29 is 9.78 Å². The predicted octanol–water partition coefficient (Wildman–Crippen LogP) is 2.34. The molecule has 1 heterocycles. The maximum atomic E-state index is 10.3. The zero-order chi connectivity index (χ0) is 12.2. The molecule has 0 fully saturated rings. The van der Waals surface area contributed by atoms with E-state index in [-0.39, 0.29) is 16.6 Å². The number of hydroxylamine groups is 2. The van der Waals surface area contributed by atoms with Gasteiger partial charge in [0.1, 0.15) is 12.6 Å². The summed E-state index contributed by atoms with van der Waals surface area (Å²) in [5.41, 5.74) is 0.679. The van der Waals surface area contributed by atoms with Gasteiger partial charge in [0.15, 0.2) is 5.71 Å². The summed E-state index contributed by atoms with van der Waals surface area (Å²) in [6, 6.07) is 0. The highest BCUT2D eigenvalue weighted by Crippen LogP contribution is 2.38. The first-order chi connectivity index (χ1) is 6.43. The van der Waals surface area contributed by atoms with E-state index in [1.54, 1.807) is 0 Å². The molecule has 1 aliphatic rings. The summed E-state index contributed by atoms with van der Waals surface area (Å²) in [5.74, 6) is 0. The highest BCUT2D eigenvalue weighted by atomic mass is 16.5. The van der Waals surface area contributed by atoms with Crippen LogP contribution < -0.4 is 0 Å². The van der Waals surface area contributed by atoms with E-state index in [4.69, 9.17) is 0 Å². The van der Waals surface area contributed by atoms with Gasteiger partial charge in [-0.25, -0.2) is 4.58 Å². The second-order valence-corrected chi connectivity index (χ2v) is 6.52. The molecule has 1 rings (SSSR count). The normalized spacial score (nSPS) is 26.2. The topological polar surface area (TPSA) is 26.5 Å². The second-order valence-electron chi connectivity index (χ2n) is 6.52. The molecule has 0 unspecified atom stereocenters. The molecular formula is C12H25N2O+. The fraction of sp³-hybridized carbons (Fsp3) is 0.917. The second kappa shape index (κ2) is 3.05. The molecule has 1 aliphatic heterocycles. The van der Waals surface area contributed by atoms with E-state index < -0.39 is 0 Å². The SMILES string of the molecule is C[N+]1=C(C(C)(C)C)C(C)(C)N(O)C1(C)C. The lowest BCUT2D eigenvalue weighted by molar-refractivity contribution is -0.612. The summed E-state index contributed by atoms with van der Waals surface area (Å²) >= 11 is 0. The van der Waals surface area contributed by atoms with Gasteiger partial charge in [0, 0.05) is 19.3 Å². The van der Waals surface area contributed by atoms with Gasteiger partial charge in [-0.15, -0.1) is 5.06 Å². The zero-order valence-corrected chi connectivity index (χ0v) is 11.3. The van der Waals surface area contributed by atoms with Crippen LogP contribution in [0.1, 0.15) is 48.5 Å². The van der Waals surface area contributed by atoms with Gasteiger partial charge in [-0.1, -0.05) is 20.8 Å². The summed E-state index contributed by atoms with van der Waals surface area (Å²) < 4.78 is 2.19. The van der Waals surface area contributed by atoms with Crippen molar-refractivity contribution in [2.75, 3.05) is 7.05 Å². The molecular weight excluding hydrogens is 188 g/mol. The molecule has 0 aromatic heterocycles. The summed E-state index contributed by atoms with van der Waals surface area (Å²) in [4.78, 5) is 0. The minimum Gasteiger partial charge on any atom is -0.307 e. The standard InChI is InChI=1S/C12H25N2O/c1-10(2,3)9-11(4,5)14(15)12(6,7)13(9)8/h15H,1-8H3/q+1. The van der Waals surface area contributed by atoms with Crippen LogP contribution in [0, 0.1) is 5.41 Å². The van der Waals surface area contributed by atoms with E-state index in [1.807, 2.05) is 13.8 Å². The molecule has 0 saturated carbocycles. The van der Waals surface area contributed by atoms with Crippen molar-refractivity contribution in [2.45, 2.75) is 59.7 Å². The van der Waals surface area contributed by atoms with Crippen LogP contribution >= 0.6 is 0 Å². The van der Waals surface area contributed by atoms with Crippen LogP contribution in [0.3, 0.4) is 0 Å². The summed E-state index contributed by atoms with van der Waals surface area (Å²) in [6.07, 6.45) is 0. The molecule has 0 aliphatic carbocycles. The Morgan fingerprint density at radius 1 is 1.13 bits per heavy atom. The lowest BCUT2D eigenvalue weighted by Crippen LogP contribution is -2.52. The first-order valence-electron chi connectivity index (χ1n) is 5.54. The summed E-state index contributed by atoms with van der Waals surface area (Å²) in [7, 11) is 2.05. The van der Waals surface area contributed by atoms with Gasteiger partial charge in [0.25, 0.3) is 0 Å². The molecule has 3 nitrogen and oxygen atoms in total. The van der Waals surface area contributed by atoms with Gasteiger partial charge in [-0.2, -0.15) is 0 Å². The number of nitrogens with zero attached hydrogens (tertiary/aromatic N) is 2. The first kappa shape index (κ1) is 12.7. The van der Waals surface area contributed by atoms with E-state index in [0.29, 0.717) is 0 Å². The van der Waals surface area contributed by atoms with E-state index in [2.05, 4.69) is 46.2 Å². The van der Waals surface area contributed by atoms with Crippen molar-refractivity contribution in [1.82, 2.24) is 5.06 Å². The Labute approximate surface area is 93.4 Å². The Morgan fingerprint density at radius 3 is 1.67 bits per heavy atom. The highest BCUT2D eigenvalue weighted by Gasteiger charge is 2.59. The molecule has 88 valence electrons. The fourth-order valence-electron chi connectivity index (χ4n) is 3.03. The van der Waals surface area contributed by atoms with Crippen molar-refractivity contribution >= 4 is 5.71 Å². The van der Waals surface area contributed by atoms with E-state index in [1.165, 1.54) is 10.8 Å². The van der Waals surface area contributed by atoms with Gasteiger partial charge in [-0.05, 0) is 13.8 Å². The van der Waals surface area contributed by atoms with Crippen LogP contribution in [0.5, 0.6) is 0 Å². The molecule has 0 spiro atoms. The minimum absolute atomic E-state index is 0.0625. The third-order valence-corrected chi connectivity index (χ3v) is 3.49. The van der Waals surface area contributed by atoms with Crippen LogP contribution in [-0.2, 0) is 0 Å². The van der Waals surface area contributed by atoms with Crippen LogP contribution in [0.25, 0.3) is 0 Å². The number of rotatable bonds is 0. The predicted molar refractivity (Wildman–Crippen MR) is 62.4 cm³/mol. The molecule has 0 amide bonds. The van der Waals surface area contributed by atoms with E-state index >= 15 is 0 Å².